The minimum Gasteiger partial charge on any atom is -0.357 e. The predicted molar refractivity (Wildman–Crippen MR) is 73.1 cm³/mol. The Kier molecular flexibility index (Phi) is 4.23. The lowest BCUT2D eigenvalue weighted by Gasteiger charge is -2.15. The fourth-order valence-corrected chi connectivity index (χ4v) is 1.75. The summed E-state index contributed by atoms with van der Waals surface area (Å²) in [5.74, 6) is 0. The average molecular weight is 300 g/mol. The first-order valence-electron chi connectivity index (χ1n) is 5.66. The van der Waals surface area contributed by atoms with E-state index in [-0.39, 0.29) is 10.8 Å². The number of nitrogens with one attached hydrogen (secondary N) is 3. The zero-order chi connectivity index (χ0) is 14.6. The highest BCUT2D eigenvalue weighted by Crippen LogP contribution is 2.34. The highest BCUT2D eigenvalue weighted by molar-refractivity contribution is 7.80. The number of hydrogen-bond acceptors (Lipinski definition) is 2. The van der Waals surface area contributed by atoms with Gasteiger partial charge in [0, 0.05) is 6.20 Å². The molecule has 2 aromatic rings. The van der Waals surface area contributed by atoms with Gasteiger partial charge >= 0.3 is 6.18 Å². The average Bonchev–Trinajstić information content (AvgIpc) is 2.89. The fourth-order valence-electron chi connectivity index (χ4n) is 1.56. The van der Waals surface area contributed by atoms with Gasteiger partial charge in [-0.3, -0.25) is 5.10 Å². The van der Waals surface area contributed by atoms with Gasteiger partial charge in [-0.15, -0.1) is 0 Å². The topological polar surface area (TPSA) is 52.7 Å². The molecule has 1 heterocycles. The van der Waals surface area contributed by atoms with E-state index in [1.807, 2.05) is 0 Å². The largest absolute Gasteiger partial charge is 0.418 e. The van der Waals surface area contributed by atoms with E-state index >= 15 is 0 Å². The van der Waals surface area contributed by atoms with Crippen LogP contribution in [-0.4, -0.2) is 15.3 Å². The molecule has 0 amide bonds. The second-order valence-corrected chi connectivity index (χ2v) is 4.34. The number of alkyl halides is 3. The molecule has 0 aliphatic heterocycles. The summed E-state index contributed by atoms with van der Waals surface area (Å²) in [5.41, 5.74) is -0.0638. The monoisotopic (exact) mass is 300 g/mol. The van der Waals surface area contributed by atoms with Crippen LogP contribution in [0.4, 0.5) is 18.9 Å². The Balaban J connectivity index is 2.01. The molecule has 0 aliphatic carbocycles. The zero-order valence-electron chi connectivity index (χ0n) is 10.2. The first kappa shape index (κ1) is 14.3. The third kappa shape index (κ3) is 3.70. The third-order valence-electron chi connectivity index (χ3n) is 2.48. The van der Waals surface area contributed by atoms with E-state index in [2.05, 4.69) is 20.8 Å². The maximum atomic E-state index is 12.8. The van der Waals surface area contributed by atoms with Gasteiger partial charge in [-0.2, -0.15) is 18.3 Å². The molecule has 0 unspecified atom stereocenters. The quantitative estimate of drug-likeness (QED) is 0.763. The lowest BCUT2D eigenvalue weighted by Crippen LogP contribution is -2.29. The number of para-hydroxylation sites is 1. The van der Waals surface area contributed by atoms with Crippen LogP contribution in [0.5, 0.6) is 0 Å². The summed E-state index contributed by atoms with van der Waals surface area (Å²) in [4.78, 5) is 0. The molecule has 0 bridgehead atoms. The first-order valence-corrected chi connectivity index (χ1v) is 6.07. The SMILES string of the molecule is FC(F)(F)c1ccccc1NC(=S)NCc1ccn[nH]1. The lowest BCUT2D eigenvalue weighted by atomic mass is 10.1. The van der Waals surface area contributed by atoms with Gasteiger partial charge in [-0.1, -0.05) is 12.1 Å². The number of benzene rings is 1. The number of thiocarbonyl (C=S) groups is 1. The Hall–Kier alpha value is -2.09. The van der Waals surface area contributed by atoms with Crippen LogP contribution in [-0.2, 0) is 12.7 Å². The first-order chi connectivity index (χ1) is 9.47. The number of anilines is 1. The van der Waals surface area contributed by atoms with Crippen LogP contribution < -0.4 is 10.6 Å². The maximum absolute atomic E-state index is 12.8. The van der Waals surface area contributed by atoms with Gasteiger partial charge in [0.1, 0.15) is 0 Å². The number of aromatic nitrogens is 2. The Morgan fingerprint density at radius 3 is 2.65 bits per heavy atom. The standard InChI is InChI=1S/C12H11F3N4S/c13-12(14,15)9-3-1-2-4-10(9)18-11(20)16-7-8-5-6-17-19-8/h1-6H,7H2,(H,17,19)(H2,16,18,20). The second-order valence-electron chi connectivity index (χ2n) is 3.93. The summed E-state index contributed by atoms with van der Waals surface area (Å²) in [5, 5.41) is 11.9. The van der Waals surface area contributed by atoms with Crippen LogP contribution in [0.2, 0.25) is 0 Å². The smallest absolute Gasteiger partial charge is 0.357 e. The maximum Gasteiger partial charge on any atom is 0.418 e. The van der Waals surface area contributed by atoms with Crippen molar-refractivity contribution in [2.75, 3.05) is 5.32 Å². The number of aromatic amines is 1. The summed E-state index contributed by atoms with van der Waals surface area (Å²) >= 11 is 4.97. The third-order valence-corrected chi connectivity index (χ3v) is 2.72. The summed E-state index contributed by atoms with van der Waals surface area (Å²) in [6, 6.07) is 6.90. The highest BCUT2D eigenvalue weighted by Gasteiger charge is 2.33. The molecule has 0 aliphatic rings. The van der Waals surface area contributed by atoms with Gasteiger partial charge in [-0.25, -0.2) is 0 Å². The number of H-pyrrole nitrogens is 1. The molecule has 0 atom stereocenters. The molecular formula is C12H11F3N4S. The molecule has 4 nitrogen and oxygen atoms in total. The van der Waals surface area contributed by atoms with Gasteiger partial charge in [-0.05, 0) is 30.4 Å². The van der Waals surface area contributed by atoms with E-state index in [0.717, 1.165) is 11.8 Å². The molecular weight excluding hydrogens is 289 g/mol. The van der Waals surface area contributed by atoms with Gasteiger partial charge in [0.2, 0.25) is 0 Å². The predicted octanol–water partition coefficient (Wildman–Crippen LogP) is 2.92. The zero-order valence-corrected chi connectivity index (χ0v) is 11.0. The van der Waals surface area contributed by atoms with Crippen LogP contribution in [0.1, 0.15) is 11.3 Å². The Bertz CT molecular complexity index is 581. The van der Waals surface area contributed by atoms with Crippen LogP contribution in [0, 0.1) is 0 Å². The molecule has 106 valence electrons. The number of halogens is 3. The Morgan fingerprint density at radius 1 is 1.25 bits per heavy atom. The van der Waals surface area contributed by atoms with Crippen molar-refractivity contribution < 1.29 is 13.2 Å². The summed E-state index contributed by atoms with van der Waals surface area (Å²) in [6.07, 6.45) is -2.85. The van der Waals surface area contributed by atoms with Gasteiger partial charge in [0.25, 0.3) is 0 Å². The van der Waals surface area contributed by atoms with E-state index < -0.39 is 11.7 Å². The fraction of sp³-hybridized carbons (Fsp3) is 0.167. The summed E-state index contributed by atoms with van der Waals surface area (Å²) in [7, 11) is 0. The molecule has 3 N–H and O–H groups in total. The van der Waals surface area contributed by atoms with Crippen molar-refractivity contribution in [1.29, 1.82) is 0 Å². The lowest BCUT2D eigenvalue weighted by molar-refractivity contribution is -0.136. The molecule has 2 rings (SSSR count). The molecule has 0 spiro atoms. The minimum atomic E-state index is -4.43. The summed E-state index contributed by atoms with van der Waals surface area (Å²) < 4.78 is 38.4. The Labute approximate surface area is 118 Å². The molecule has 20 heavy (non-hydrogen) atoms. The number of rotatable bonds is 3. The molecule has 0 fully saturated rings. The van der Waals surface area contributed by atoms with Crippen molar-refractivity contribution in [3.8, 4) is 0 Å². The molecule has 1 aromatic carbocycles. The van der Waals surface area contributed by atoms with Crippen molar-refractivity contribution in [3.05, 3.63) is 47.8 Å². The van der Waals surface area contributed by atoms with Crippen LogP contribution in [0.25, 0.3) is 0 Å². The molecule has 0 radical (unpaired) electrons. The van der Waals surface area contributed by atoms with E-state index in [9.17, 15) is 13.2 Å². The molecule has 1 aromatic heterocycles. The molecule has 0 saturated heterocycles. The van der Waals surface area contributed by atoms with Crippen LogP contribution in [0.3, 0.4) is 0 Å². The molecule has 0 saturated carbocycles. The van der Waals surface area contributed by atoms with E-state index in [4.69, 9.17) is 12.2 Å². The van der Waals surface area contributed by atoms with Crippen molar-refractivity contribution >= 4 is 23.0 Å². The van der Waals surface area contributed by atoms with Gasteiger partial charge < -0.3 is 10.6 Å². The normalized spacial score (nSPS) is 11.2. The van der Waals surface area contributed by atoms with Crippen molar-refractivity contribution in [2.24, 2.45) is 0 Å². The molecule has 8 heteroatoms. The van der Waals surface area contributed by atoms with Crippen molar-refractivity contribution in [3.63, 3.8) is 0 Å². The van der Waals surface area contributed by atoms with Crippen molar-refractivity contribution in [1.82, 2.24) is 15.5 Å². The number of hydrogen-bond donors (Lipinski definition) is 3. The number of nitrogens with zero attached hydrogens (tertiary/aromatic N) is 1. The van der Waals surface area contributed by atoms with Gasteiger partial charge in [0.15, 0.2) is 5.11 Å². The van der Waals surface area contributed by atoms with E-state index in [0.29, 0.717) is 6.54 Å². The summed E-state index contributed by atoms with van der Waals surface area (Å²) in [6.45, 7) is 0.347. The van der Waals surface area contributed by atoms with Crippen LogP contribution in [0.15, 0.2) is 36.5 Å². The van der Waals surface area contributed by atoms with Gasteiger partial charge in [0.05, 0.1) is 23.5 Å². The van der Waals surface area contributed by atoms with Crippen LogP contribution >= 0.6 is 12.2 Å². The van der Waals surface area contributed by atoms with Crippen molar-refractivity contribution in [2.45, 2.75) is 12.7 Å². The Morgan fingerprint density at radius 2 is 2.00 bits per heavy atom. The highest BCUT2D eigenvalue weighted by atomic mass is 32.1. The second kappa shape index (κ2) is 5.91. The minimum absolute atomic E-state index is 0.0814. The van der Waals surface area contributed by atoms with E-state index in [1.54, 1.807) is 12.3 Å². The van der Waals surface area contributed by atoms with E-state index in [1.165, 1.54) is 18.2 Å².